The number of nitrogens with two attached hydrogens (primary N) is 2. The molecule has 0 fully saturated rings. The lowest BCUT2D eigenvalue weighted by Gasteiger charge is -2.03. The van der Waals surface area contributed by atoms with E-state index >= 15 is 0 Å². The molecule has 5 heteroatoms. The van der Waals surface area contributed by atoms with Gasteiger partial charge in [-0.3, -0.25) is 4.99 Å². The number of amidine groups is 1. The van der Waals surface area contributed by atoms with E-state index in [9.17, 15) is 0 Å². The number of hydrogen-bond donors (Lipinski definition) is 3. The Morgan fingerprint density at radius 1 is 1.31 bits per heavy atom. The van der Waals surface area contributed by atoms with E-state index in [1.54, 1.807) is 0 Å². The lowest BCUT2D eigenvalue weighted by Crippen LogP contribution is -2.13. The average molecular weight is 239 g/mol. The highest BCUT2D eigenvalue weighted by Crippen LogP contribution is 2.03. The molecule has 0 saturated carbocycles. The zero-order chi connectivity index (χ0) is 11.8. The quantitative estimate of drug-likeness (QED) is 0.315. The number of benzene rings is 1. The first-order valence-electron chi connectivity index (χ1n) is 4.90. The molecule has 0 spiro atoms. The van der Waals surface area contributed by atoms with Gasteiger partial charge in [-0.2, -0.15) is 0 Å². The smallest absolute Gasteiger partial charge is 0.121 e. The van der Waals surface area contributed by atoms with Crippen LogP contribution < -0.4 is 16.8 Å². The van der Waals surface area contributed by atoms with Crippen molar-refractivity contribution in [1.82, 2.24) is 0 Å². The lowest BCUT2D eigenvalue weighted by molar-refractivity contribution is 1.02. The van der Waals surface area contributed by atoms with Crippen molar-refractivity contribution in [1.29, 1.82) is 0 Å². The molecule has 0 unspecified atom stereocenters. The first kappa shape index (κ1) is 12.4. The summed E-state index contributed by atoms with van der Waals surface area (Å²) in [5.74, 6) is 0.336. The van der Waals surface area contributed by atoms with E-state index in [-0.39, 0.29) is 5.16 Å². The second-order valence-electron chi connectivity index (χ2n) is 3.13. The van der Waals surface area contributed by atoms with Crippen LogP contribution in [0.2, 0.25) is 0 Å². The van der Waals surface area contributed by atoms with E-state index in [4.69, 9.17) is 23.1 Å². The van der Waals surface area contributed by atoms with Gasteiger partial charge in [0.05, 0.1) is 6.54 Å². The SMILES string of the molecule is NC(Cl)=CC(N)=NCCNc1ccccc1. The monoisotopic (exact) mass is 238 g/mol. The Labute approximate surface area is 100.0 Å². The molecule has 4 nitrogen and oxygen atoms in total. The van der Waals surface area contributed by atoms with Crippen LogP contribution in [0, 0.1) is 0 Å². The van der Waals surface area contributed by atoms with Gasteiger partial charge in [0, 0.05) is 18.3 Å². The Morgan fingerprint density at radius 3 is 2.62 bits per heavy atom. The van der Waals surface area contributed by atoms with Gasteiger partial charge in [0.2, 0.25) is 0 Å². The molecule has 0 amide bonds. The standard InChI is InChI=1S/C11H15ClN4/c12-10(13)8-11(14)16-7-6-15-9-4-2-1-3-5-9/h1-5,8,15H,6-7,13H2,(H2,14,16). The molecule has 1 rings (SSSR count). The minimum atomic E-state index is 0.136. The van der Waals surface area contributed by atoms with Crippen LogP contribution in [-0.4, -0.2) is 18.9 Å². The minimum Gasteiger partial charge on any atom is -0.389 e. The van der Waals surface area contributed by atoms with Crippen molar-refractivity contribution in [2.75, 3.05) is 18.4 Å². The van der Waals surface area contributed by atoms with E-state index in [0.717, 1.165) is 5.69 Å². The number of hydrogen-bond acceptors (Lipinski definition) is 3. The molecular weight excluding hydrogens is 224 g/mol. The van der Waals surface area contributed by atoms with Crippen LogP contribution in [0.4, 0.5) is 5.69 Å². The molecule has 0 saturated heterocycles. The maximum absolute atomic E-state index is 5.54. The number of nitrogens with zero attached hydrogens (tertiary/aromatic N) is 1. The highest BCUT2D eigenvalue weighted by Gasteiger charge is 1.90. The van der Waals surface area contributed by atoms with E-state index in [0.29, 0.717) is 18.9 Å². The van der Waals surface area contributed by atoms with Gasteiger partial charge in [-0.25, -0.2) is 0 Å². The predicted octanol–water partition coefficient (Wildman–Crippen LogP) is 1.49. The van der Waals surface area contributed by atoms with Crippen molar-refractivity contribution in [2.45, 2.75) is 0 Å². The molecule has 86 valence electrons. The maximum Gasteiger partial charge on any atom is 0.121 e. The van der Waals surface area contributed by atoms with Crippen LogP contribution in [0.3, 0.4) is 0 Å². The topological polar surface area (TPSA) is 76.4 Å². The summed E-state index contributed by atoms with van der Waals surface area (Å²) in [6.07, 6.45) is 1.42. The Bertz CT molecular complexity index is 369. The molecule has 0 radical (unpaired) electrons. The summed E-state index contributed by atoms with van der Waals surface area (Å²) in [5, 5.41) is 3.34. The fraction of sp³-hybridized carbons (Fsp3) is 0.182. The molecule has 5 N–H and O–H groups in total. The summed E-state index contributed by atoms with van der Waals surface area (Å²) in [5.41, 5.74) is 11.8. The highest BCUT2D eigenvalue weighted by atomic mass is 35.5. The van der Waals surface area contributed by atoms with Crippen LogP contribution >= 0.6 is 11.6 Å². The van der Waals surface area contributed by atoms with Crippen molar-refractivity contribution in [3.63, 3.8) is 0 Å². The fourth-order valence-electron chi connectivity index (χ4n) is 1.13. The number of halogens is 1. The van der Waals surface area contributed by atoms with Crippen LogP contribution in [0.15, 0.2) is 46.6 Å². The second-order valence-corrected chi connectivity index (χ2v) is 3.57. The lowest BCUT2D eigenvalue weighted by atomic mass is 10.3. The van der Waals surface area contributed by atoms with Crippen molar-refractivity contribution in [3.05, 3.63) is 41.6 Å². The fourth-order valence-corrected chi connectivity index (χ4v) is 1.24. The number of anilines is 1. The number of nitrogens with one attached hydrogen (secondary N) is 1. The van der Waals surface area contributed by atoms with Crippen molar-refractivity contribution in [3.8, 4) is 0 Å². The van der Waals surface area contributed by atoms with Crippen LogP contribution in [-0.2, 0) is 0 Å². The molecule has 0 aliphatic carbocycles. The Kier molecular flexibility index (Phi) is 5.22. The third-order valence-electron chi connectivity index (χ3n) is 1.79. The predicted molar refractivity (Wildman–Crippen MR) is 69.5 cm³/mol. The van der Waals surface area contributed by atoms with Gasteiger partial charge < -0.3 is 16.8 Å². The molecule has 0 aliphatic heterocycles. The molecule has 0 aromatic heterocycles. The van der Waals surface area contributed by atoms with Crippen LogP contribution in [0.1, 0.15) is 0 Å². The first-order chi connectivity index (χ1) is 7.68. The number of aliphatic imine (C=N–C) groups is 1. The third-order valence-corrected chi connectivity index (χ3v) is 1.90. The Morgan fingerprint density at radius 2 is 2.00 bits per heavy atom. The zero-order valence-electron chi connectivity index (χ0n) is 8.86. The van der Waals surface area contributed by atoms with Gasteiger partial charge >= 0.3 is 0 Å². The number of para-hydroxylation sites is 1. The van der Waals surface area contributed by atoms with Gasteiger partial charge in [0.25, 0.3) is 0 Å². The van der Waals surface area contributed by atoms with Crippen LogP contribution in [0.5, 0.6) is 0 Å². The Balaban J connectivity index is 2.29. The van der Waals surface area contributed by atoms with E-state index < -0.39 is 0 Å². The largest absolute Gasteiger partial charge is 0.389 e. The molecule has 1 aromatic rings. The second kappa shape index (κ2) is 6.74. The first-order valence-corrected chi connectivity index (χ1v) is 5.28. The van der Waals surface area contributed by atoms with E-state index in [2.05, 4.69) is 10.3 Å². The molecule has 1 aromatic carbocycles. The summed E-state index contributed by atoms with van der Waals surface area (Å²) in [7, 11) is 0. The average Bonchev–Trinajstić information content (AvgIpc) is 2.25. The van der Waals surface area contributed by atoms with Crippen molar-refractivity contribution < 1.29 is 0 Å². The van der Waals surface area contributed by atoms with Gasteiger partial charge in [0.15, 0.2) is 0 Å². The Hall–Kier alpha value is -1.68. The summed E-state index contributed by atoms with van der Waals surface area (Å²) < 4.78 is 0. The van der Waals surface area contributed by atoms with Crippen molar-refractivity contribution in [2.24, 2.45) is 16.5 Å². The molecule has 0 bridgehead atoms. The number of rotatable bonds is 5. The van der Waals surface area contributed by atoms with Crippen LogP contribution in [0.25, 0.3) is 0 Å². The highest BCUT2D eigenvalue weighted by molar-refractivity contribution is 6.30. The summed E-state index contributed by atoms with van der Waals surface area (Å²) >= 11 is 5.44. The van der Waals surface area contributed by atoms with E-state index in [1.807, 2.05) is 30.3 Å². The summed E-state index contributed by atoms with van der Waals surface area (Å²) in [4.78, 5) is 4.07. The van der Waals surface area contributed by atoms with Gasteiger partial charge in [0.1, 0.15) is 11.0 Å². The molecule has 0 atom stereocenters. The third kappa shape index (κ3) is 5.26. The maximum atomic E-state index is 5.54. The minimum absolute atomic E-state index is 0.136. The molecule has 0 aliphatic rings. The zero-order valence-corrected chi connectivity index (χ0v) is 9.61. The summed E-state index contributed by atoms with van der Waals surface area (Å²) in [6, 6.07) is 9.89. The summed E-state index contributed by atoms with van der Waals surface area (Å²) in [6.45, 7) is 1.28. The van der Waals surface area contributed by atoms with Gasteiger partial charge in [-0.05, 0) is 12.1 Å². The molecule has 16 heavy (non-hydrogen) atoms. The van der Waals surface area contributed by atoms with E-state index in [1.165, 1.54) is 6.08 Å². The molecular formula is C11H15ClN4. The van der Waals surface area contributed by atoms with Gasteiger partial charge in [-0.1, -0.05) is 29.8 Å². The normalized spacial score (nSPS) is 12.6. The van der Waals surface area contributed by atoms with Crippen molar-refractivity contribution >= 4 is 23.1 Å². The van der Waals surface area contributed by atoms with Gasteiger partial charge in [-0.15, -0.1) is 0 Å². The molecule has 0 heterocycles.